The number of nitrogens with one attached hydrogen (secondary N) is 1. The minimum Gasteiger partial charge on any atom is -0.456 e. The van der Waals surface area contributed by atoms with Crippen LogP contribution in [0.25, 0.3) is 60.6 Å². The molecule has 0 unspecified atom stereocenters. The van der Waals surface area contributed by atoms with Crippen LogP contribution in [-0.2, 0) is 0 Å². The number of rotatable bonds is 4. The van der Waals surface area contributed by atoms with E-state index in [1.54, 1.807) is 0 Å². The van der Waals surface area contributed by atoms with Crippen molar-refractivity contribution < 1.29 is 4.42 Å². The zero-order chi connectivity index (χ0) is 25.8. The van der Waals surface area contributed by atoms with Crippen LogP contribution in [0.2, 0.25) is 0 Å². The number of aromatic nitrogens is 1. The molecule has 2 aromatic heterocycles. The van der Waals surface area contributed by atoms with Gasteiger partial charge in [0.05, 0.1) is 11.0 Å². The van der Waals surface area contributed by atoms with Crippen molar-refractivity contribution in [1.29, 1.82) is 0 Å². The molecule has 8 rings (SSSR count). The molecule has 0 aliphatic heterocycles. The van der Waals surface area contributed by atoms with E-state index in [1.807, 2.05) is 18.2 Å². The van der Waals surface area contributed by atoms with Crippen molar-refractivity contribution in [2.45, 2.75) is 0 Å². The van der Waals surface area contributed by atoms with Gasteiger partial charge in [-0.15, -0.1) is 0 Å². The number of anilines is 2. The van der Waals surface area contributed by atoms with Gasteiger partial charge in [-0.05, 0) is 71.8 Å². The summed E-state index contributed by atoms with van der Waals surface area (Å²) in [7, 11) is 0. The molecular weight excluding hydrogens is 476 g/mol. The van der Waals surface area contributed by atoms with Crippen LogP contribution in [0.1, 0.15) is 0 Å². The van der Waals surface area contributed by atoms with Crippen LogP contribution in [0.4, 0.5) is 11.4 Å². The Morgan fingerprint density at radius 2 is 1.03 bits per heavy atom. The van der Waals surface area contributed by atoms with Crippen molar-refractivity contribution in [3.05, 3.63) is 140 Å². The molecule has 2 heterocycles. The molecule has 184 valence electrons. The van der Waals surface area contributed by atoms with Crippen LogP contribution < -0.4 is 5.32 Å². The summed E-state index contributed by atoms with van der Waals surface area (Å²) in [4.78, 5) is 0. The van der Waals surface area contributed by atoms with Crippen molar-refractivity contribution in [2.75, 3.05) is 5.32 Å². The van der Waals surface area contributed by atoms with Gasteiger partial charge in [0, 0.05) is 38.6 Å². The number of hydrogen-bond acceptors (Lipinski definition) is 2. The van der Waals surface area contributed by atoms with Crippen molar-refractivity contribution in [2.24, 2.45) is 0 Å². The fourth-order valence-corrected chi connectivity index (χ4v) is 5.81. The van der Waals surface area contributed by atoms with Gasteiger partial charge in [0.2, 0.25) is 0 Å². The number of para-hydroxylation sites is 3. The predicted molar refractivity (Wildman–Crippen MR) is 163 cm³/mol. The fourth-order valence-electron chi connectivity index (χ4n) is 5.81. The highest BCUT2D eigenvalue weighted by atomic mass is 16.3. The average molecular weight is 501 g/mol. The highest BCUT2D eigenvalue weighted by Crippen LogP contribution is 2.37. The van der Waals surface area contributed by atoms with E-state index in [2.05, 4.69) is 131 Å². The summed E-state index contributed by atoms with van der Waals surface area (Å²) in [6, 6.07) is 49.0. The quantitative estimate of drug-likeness (QED) is 0.260. The third kappa shape index (κ3) is 3.52. The summed E-state index contributed by atoms with van der Waals surface area (Å²) in [6.45, 7) is 0. The Kier molecular flexibility index (Phi) is 4.82. The van der Waals surface area contributed by atoms with Crippen molar-refractivity contribution in [3.8, 4) is 16.8 Å². The van der Waals surface area contributed by atoms with Crippen molar-refractivity contribution in [3.63, 3.8) is 0 Å². The predicted octanol–water partition coefficient (Wildman–Crippen LogP) is 10.1. The molecule has 3 nitrogen and oxygen atoms in total. The molecule has 0 fully saturated rings. The lowest BCUT2D eigenvalue weighted by Gasteiger charge is -2.11. The molecule has 39 heavy (non-hydrogen) atoms. The Morgan fingerprint density at radius 1 is 0.462 bits per heavy atom. The standard InChI is InChI=1S/C36H24N2O/c1-4-12-32-29(8-1)30-9-2-5-13-33(30)38(32)27-22-20-26(21-23-27)37-25-18-16-24(17-19-25)28-11-7-15-35-36(28)31-10-3-6-14-34(31)39-35/h1-23,37H. The second-order valence-electron chi connectivity index (χ2n) is 9.90. The smallest absolute Gasteiger partial charge is 0.136 e. The number of benzene rings is 6. The van der Waals surface area contributed by atoms with Crippen LogP contribution >= 0.6 is 0 Å². The summed E-state index contributed by atoms with van der Waals surface area (Å²) in [5, 5.41) is 8.42. The summed E-state index contributed by atoms with van der Waals surface area (Å²) < 4.78 is 8.42. The van der Waals surface area contributed by atoms with Gasteiger partial charge in [0.1, 0.15) is 11.2 Å². The number of nitrogens with zero attached hydrogens (tertiary/aromatic N) is 1. The Hall–Kier alpha value is -5.28. The van der Waals surface area contributed by atoms with Gasteiger partial charge in [-0.3, -0.25) is 0 Å². The lowest BCUT2D eigenvalue weighted by Crippen LogP contribution is -1.95. The fraction of sp³-hybridized carbons (Fsp3) is 0. The first-order chi connectivity index (χ1) is 19.3. The van der Waals surface area contributed by atoms with Gasteiger partial charge >= 0.3 is 0 Å². The van der Waals surface area contributed by atoms with Gasteiger partial charge < -0.3 is 14.3 Å². The van der Waals surface area contributed by atoms with E-state index in [0.29, 0.717) is 0 Å². The minimum absolute atomic E-state index is 0.916. The molecule has 0 aliphatic carbocycles. The zero-order valence-electron chi connectivity index (χ0n) is 21.1. The molecule has 0 spiro atoms. The van der Waals surface area contributed by atoms with Crippen LogP contribution in [0.3, 0.4) is 0 Å². The molecule has 0 saturated carbocycles. The van der Waals surface area contributed by atoms with E-state index in [0.717, 1.165) is 39.0 Å². The molecule has 0 saturated heterocycles. The maximum atomic E-state index is 6.09. The van der Waals surface area contributed by atoms with Gasteiger partial charge in [-0.1, -0.05) is 78.9 Å². The summed E-state index contributed by atoms with van der Waals surface area (Å²) in [5.74, 6) is 0. The third-order valence-corrected chi connectivity index (χ3v) is 7.59. The largest absolute Gasteiger partial charge is 0.456 e. The SMILES string of the molecule is c1ccc2c(c1)oc1cccc(-c3ccc(Nc4ccc(-n5c6ccccc6c6ccccc65)cc4)cc3)c12. The number of furan rings is 1. The molecule has 0 atom stereocenters. The molecule has 0 amide bonds. The lowest BCUT2D eigenvalue weighted by atomic mass is 9.99. The highest BCUT2D eigenvalue weighted by molar-refractivity contribution is 6.12. The lowest BCUT2D eigenvalue weighted by molar-refractivity contribution is 0.669. The average Bonchev–Trinajstić information content (AvgIpc) is 3.54. The maximum absolute atomic E-state index is 6.09. The second kappa shape index (κ2) is 8.64. The van der Waals surface area contributed by atoms with E-state index in [-0.39, 0.29) is 0 Å². The monoisotopic (exact) mass is 500 g/mol. The molecule has 0 radical (unpaired) electrons. The second-order valence-corrected chi connectivity index (χ2v) is 9.90. The Bertz CT molecular complexity index is 2080. The van der Waals surface area contributed by atoms with Crippen LogP contribution in [0.15, 0.2) is 144 Å². The normalized spacial score (nSPS) is 11.6. The van der Waals surface area contributed by atoms with E-state index in [4.69, 9.17) is 4.42 Å². The summed E-state index contributed by atoms with van der Waals surface area (Å²) >= 11 is 0. The molecule has 0 aliphatic rings. The van der Waals surface area contributed by atoms with Crippen LogP contribution in [0, 0.1) is 0 Å². The molecule has 0 bridgehead atoms. The first-order valence-electron chi connectivity index (χ1n) is 13.2. The first kappa shape index (κ1) is 21.8. The maximum Gasteiger partial charge on any atom is 0.136 e. The highest BCUT2D eigenvalue weighted by Gasteiger charge is 2.13. The summed E-state index contributed by atoms with van der Waals surface area (Å²) in [5.41, 5.74) is 9.86. The molecule has 1 N–H and O–H groups in total. The van der Waals surface area contributed by atoms with E-state index in [1.165, 1.54) is 32.9 Å². The van der Waals surface area contributed by atoms with Crippen molar-refractivity contribution >= 4 is 55.1 Å². The van der Waals surface area contributed by atoms with Gasteiger partial charge in [0.25, 0.3) is 0 Å². The zero-order valence-corrected chi connectivity index (χ0v) is 21.1. The van der Waals surface area contributed by atoms with Gasteiger partial charge in [-0.2, -0.15) is 0 Å². The molecule has 3 heteroatoms. The Balaban J connectivity index is 1.10. The molecule has 6 aromatic carbocycles. The third-order valence-electron chi connectivity index (χ3n) is 7.59. The molecular formula is C36H24N2O. The first-order valence-corrected chi connectivity index (χ1v) is 13.2. The topological polar surface area (TPSA) is 30.1 Å². The van der Waals surface area contributed by atoms with Crippen LogP contribution in [0.5, 0.6) is 0 Å². The van der Waals surface area contributed by atoms with E-state index >= 15 is 0 Å². The van der Waals surface area contributed by atoms with Gasteiger partial charge in [0.15, 0.2) is 0 Å². The van der Waals surface area contributed by atoms with Crippen LogP contribution in [-0.4, -0.2) is 4.57 Å². The number of hydrogen-bond donors (Lipinski definition) is 1. The molecule has 8 aromatic rings. The Labute approximate surface area is 225 Å². The summed E-state index contributed by atoms with van der Waals surface area (Å²) in [6.07, 6.45) is 0. The Morgan fingerprint density at radius 3 is 1.72 bits per heavy atom. The van der Waals surface area contributed by atoms with Crippen molar-refractivity contribution in [1.82, 2.24) is 4.57 Å². The van der Waals surface area contributed by atoms with E-state index in [9.17, 15) is 0 Å². The minimum atomic E-state index is 0.916. The van der Waals surface area contributed by atoms with Gasteiger partial charge in [-0.25, -0.2) is 0 Å². The number of fused-ring (bicyclic) bond motifs is 6. The van der Waals surface area contributed by atoms with E-state index < -0.39 is 0 Å².